The lowest BCUT2D eigenvalue weighted by atomic mass is 9.97. The number of ketones is 1. The van der Waals surface area contributed by atoms with Gasteiger partial charge in [-0.05, 0) is 25.2 Å². The van der Waals surface area contributed by atoms with E-state index in [-0.39, 0.29) is 0 Å². The Morgan fingerprint density at radius 2 is 2.31 bits per heavy atom. The minimum absolute atomic E-state index is 0.332. The summed E-state index contributed by atoms with van der Waals surface area (Å²) in [6, 6.07) is 0. The molecule has 0 heterocycles. The molecule has 1 aliphatic carbocycles. The van der Waals surface area contributed by atoms with E-state index in [0.717, 1.165) is 18.8 Å². The zero-order valence-electron chi connectivity index (χ0n) is 8.38. The molecule has 0 amide bonds. The second-order valence-electron chi connectivity index (χ2n) is 3.95. The Morgan fingerprint density at radius 3 is 2.85 bits per heavy atom. The molecule has 0 aromatic rings. The summed E-state index contributed by atoms with van der Waals surface area (Å²) in [5.41, 5.74) is 0. The Bertz CT molecular complexity index is 212. The second-order valence-corrected chi connectivity index (χ2v) is 3.95. The molecule has 0 bridgehead atoms. The Labute approximate surface area is 80.9 Å². The third kappa shape index (κ3) is 2.88. The summed E-state index contributed by atoms with van der Waals surface area (Å²) in [6.45, 7) is 2.21. The maximum absolute atomic E-state index is 11.6. The van der Waals surface area contributed by atoms with Crippen LogP contribution in [0.5, 0.6) is 0 Å². The molecule has 0 N–H and O–H groups in total. The van der Waals surface area contributed by atoms with Crippen molar-refractivity contribution in [3.63, 3.8) is 0 Å². The first-order valence-corrected chi connectivity index (χ1v) is 5.24. The van der Waals surface area contributed by atoms with E-state index in [1.54, 1.807) is 0 Å². The van der Waals surface area contributed by atoms with Crippen LogP contribution >= 0.6 is 0 Å². The fourth-order valence-electron chi connectivity index (χ4n) is 2.14. The fourth-order valence-corrected chi connectivity index (χ4v) is 2.14. The van der Waals surface area contributed by atoms with Crippen molar-refractivity contribution >= 4 is 5.78 Å². The quantitative estimate of drug-likeness (QED) is 0.605. The number of rotatable bonds is 4. The van der Waals surface area contributed by atoms with Crippen LogP contribution in [-0.4, -0.2) is 5.78 Å². The van der Waals surface area contributed by atoms with Gasteiger partial charge in [-0.15, -0.1) is 12.3 Å². The van der Waals surface area contributed by atoms with Gasteiger partial charge in [-0.1, -0.05) is 13.3 Å². The first kappa shape index (κ1) is 10.3. The molecular weight excluding hydrogens is 160 g/mol. The molecule has 2 unspecified atom stereocenters. The highest BCUT2D eigenvalue weighted by molar-refractivity contribution is 5.81. The predicted molar refractivity (Wildman–Crippen MR) is 54.2 cm³/mol. The van der Waals surface area contributed by atoms with Gasteiger partial charge in [0.2, 0.25) is 0 Å². The van der Waals surface area contributed by atoms with Crippen LogP contribution in [-0.2, 0) is 4.79 Å². The zero-order valence-corrected chi connectivity index (χ0v) is 8.38. The minimum Gasteiger partial charge on any atom is -0.299 e. The highest BCUT2D eigenvalue weighted by Gasteiger charge is 2.27. The van der Waals surface area contributed by atoms with Crippen molar-refractivity contribution in [3.8, 4) is 12.3 Å². The van der Waals surface area contributed by atoms with Crippen LogP contribution in [0.15, 0.2) is 0 Å². The van der Waals surface area contributed by atoms with Crippen LogP contribution in [0.2, 0.25) is 0 Å². The van der Waals surface area contributed by atoms with Gasteiger partial charge < -0.3 is 0 Å². The van der Waals surface area contributed by atoms with Crippen LogP contribution in [0.3, 0.4) is 0 Å². The van der Waals surface area contributed by atoms with Crippen LogP contribution < -0.4 is 0 Å². The van der Waals surface area contributed by atoms with Gasteiger partial charge in [0.15, 0.2) is 0 Å². The summed E-state index contributed by atoms with van der Waals surface area (Å²) < 4.78 is 0. The molecule has 1 fully saturated rings. The first-order valence-electron chi connectivity index (χ1n) is 5.24. The number of hydrogen-bond donors (Lipinski definition) is 0. The average Bonchev–Trinajstić information content (AvgIpc) is 2.62. The van der Waals surface area contributed by atoms with Crippen molar-refractivity contribution in [3.05, 3.63) is 0 Å². The number of Topliss-reactive ketones (excluding diaryl/α,β-unsaturated/α-hetero) is 1. The lowest BCUT2D eigenvalue weighted by Crippen LogP contribution is -2.10. The first-order chi connectivity index (χ1) is 6.27. The molecule has 0 aliphatic heterocycles. The lowest BCUT2D eigenvalue weighted by Gasteiger charge is -2.07. The molecule has 13 heavy (non-hydrogen) atoms. The highest BCUT2D eigenvalue weighted by atomic mass is 16.1. The molecule has 1 heteroatoms. The molecule has 1 rings (SSSR count). The largest absolute Gasteiger partial charge is 0.299 e. The Balaban J connectivity index is 2.30. The van der Waals surface area contributed by atoms with Gasteiger partial charge in [-0.2, -0.15) is 0 Å². The molecular formula is C12H18O. The molecule has 1 saturated carbocycles. The van der Waals surface area contributed by atoms with E-state index in [1.807, 2.05) is 0 Å². The molecule has 0 saturated heterocycles. The van der Waals surface area contributed by atoms with Gasteiger partial charge in [-0.3, -0.25) is 4.79 Å². The van der Waals surface area contributed by atoms with Crippen molar-refractivity contribution in [1.82, 2.24) is 0 Å². The maximum Gasteiger partial charge on any atom is 0.136 e. The molecule has 0 spiro atoms. The van der Waals surface area contributed by atoms with E-state index in [0.29, 0.717) is 24.5 Å². The summed E-state index contributed by atoms with van der Waals surface area (Å²) in [4.78, 5) is 11.6. The summed E-state index contributed by atoms with van der Waals surface area (Å²) in [5.74, 6) is 4.05. The maximum atomic E-state index is 11.6. The van der Waals surface area contributed by atoms with Gasteiger partial charge in [-0.25, -0.2) is 0 Å². The normalized spacial score (nSPS) is 27.1. The van der Waals surface area contributed by atoms with E-state index >= 15 is 0 Å². The topological polar surface area (TPSA) is 17.1 Å². The fraction of sp³-hybridized carbons (Fsp3) is 0.750. The Kier molecular flexibility index (Phi) is 4.02. The van der Waals surface area contributed by atoms with E-state index in [4.69, 9.17) is 6.42 Å². The number of hydrogen-bond acceptors (Lipinski definition) is 1. The van der Waals surface area contributed by atoms with Crippen molar-refractivity contribution in [2.75, 3.05) is 0 Å². The summed E-state index contributed by atoms with van der Waals surface area (Å²) in [7, 11) is 0. The zero-order chi connectivity index (χ0) is 9.68. The van der Waals surface area contributed by atoms with Crippen LogP contribution in [0.1, 0.15) is 45.4 Å². The molecule has 1 aliphatic rings. The lowest BCUT2D eigenvalue weighted by molar-refractivity contribution is -0.122. The molecule has 72 valence electrons. The Morgan fingerprint density at radius 1 is 1.54 bits per heavy atom. The average molecular weight is 178 g/mol. The van der Waals surface area contributed by atoms with Crippen molar-refractivity contribution in [2.24, 2.45) is 11.8 Å². The number of carbonyl (C=O) groups is 1. The van der Waals surface area contributed by atoms with Crippen molar-refractivity contribution < 1.29 is 4.79 Å². The third-order valence-corrected chi connectivity index (χ3v) is 3.09. The van der Waals surface area contributed by atoms with Gasteiger partial charge >= 0.3 is 0 Å². The summed E-state index contributed by atoms with van der Waals surface area (Å²) >= 11 is 0. The summed E-state index contributed by atoms with van der Waals surface area (Å²) in [6.07, 6.45) is 11.0. The van der Waals surface area contributed by atoms with E-state index in [1.165, 1.54) is 12.8 Å². The summed E-state index contributed by atoms with van der Waals surface area (Å²) in [5, 5.41) is 0. The Hall–Kier alpha value is -0.770. The van der Waals surface area contributed by atoms with Gasteiger partial charge in [0.05, 0.1) is 0 Å². The number of carbonyl (C=O) groups excluding carboxylic acids is 1. The minimum atomic E-state index is 0.332. The van der Waals surface area contributed by atoms with Crippen LogP contribution in [0.25, 0.3) is 0 Å². The third-order valence-electron chi connectivity index (χ3n) is 3.09. The SMILES string of the molecule is C#CCCC(=O)C1CCC(CC)C1. The van der Waals surface area contributed by atoms with Crippen LogP contribution in [0.4, 0.5) is 0 Å². The smallest absolute Gasteiger partial charge is 0.136 e. The molecule has 0 radical (unpaired) electrons. The van der Waals surface area contributed by atoms with Gasteiger partial charge in [0.25, 0.3) is 0 Å². The molecule has 2 atom stereocenters. The number of terminal acetylenes is 1. The molecule has 1 nitrogen and oxygen atoms in total. The second kappa shape index (κ2) is 5.07. The van der Waals surface area contributed by atoms with Crippen LogP contribution in [0, 0.1) is 24.2 Å². The van der Waals surface area contributed by atoms with E-state index in [2.05, 4.69) is 12.8 Å². The van der Waals surface area contributed by atoms with E-state index < -0.39 is 0 Å². The predicted octanol–water partition coefficient (Wildman–Crippen LogP) is 2.80. The van der Waals surface area contributed by atoms with Crippen molar-refractivity contribution in [2.45, 2.75) is 45.4 Å². The highest BCUT2D eigenvalue weighted by Crippen LogP contribution is 2.33. The molecule has 0 aromatic heterocycles. The van der Waals surface area contributed by atoms with Gasteiger partial charge in [0, 0.05) is 18.8 Å². The van der Waals surface area contributed by atoms with Crippen molar-refractivity contribution in [1.29, 1.82) is 0 Å². The molecule has 0 aromatic carbocycles. The monoisotopic (exact) mass is 178 g/mol. The standard InChI is InChI=1S/C12H18O/c1-3-5-6-12(13)11-8-7-10(4-2)9-11/h1,10-11H,4-9H2,2H3. The van der Waals surface area contributed by atoms with Gasteiger partial charge in [0.1, 0.15) is 5.78 Å². The van der Waals surface area contributed by atoms with E-state index in [9.17, 15) is 4.79 Å².